The molecule has 1 N–H and O–H groups in total. The minimum Gasteiger partial charge on any atom is -0.497 e. The Morgan fingerprint density at radius 3 is 2.69 bits per heavy atom. The minimum absolute atomic E-state index is 0.147. The fourth-order valence-electron chi connectivity index (χ4n) is 2.50. The summed E-state index contributed by atoms with van der Waals surface area (Å²) in [7, 11) is 1.59. The number of aromatic nitrogens is 2. The number of nitrogens with zero attached hydrogens (tertiary/aromatic N) is 3. The number of ether oxygens (including phenoxy) is 1. The van der Waals surface area contributed by atoms with E-state index < -0.39 is 21.7 Å². The maximum Gasteiger partial charge on any atom is 0.306 e. The van der Waals surface area contributed by atoms with Gasteiger partial charge >= 0.3 is 5.69 Å². The normalized spacial score (nSPS) is 11.7. The van der Waals surface area contributed by atoms with Gasteiger partial charge in [-0.15, -0.1) is 0 Å². The van der Waals surface area contributed by atoms with Crippen LogP contribution in [0.15, 0.2) is 60.0 Å². The van der Waals surface area contributed by atoms with Crippen LogP contribution in [0, 0.1) is 15.9 Å². The molecule has 3 rings (SSSR count). The lowest BCUT2D eigenvalue weighted by atomic mass is 10.2. The number of nitro groups is 1. The Labute approximate surface area is 169 Å². The highest BCUT2D eigenvalue weighted by Crippen LogP contribution is 2.27. The van der Waals surface area contributed by atoms with Crippen LogP contribution in [0.2, 0.25) is 0 Å². The molecule has 2 aromatic carbocycles. The van der Waals surface area contributed by atoms with Crippen molar-refractivity contribution in [2.45, 2.75) is 17.3 Å². The van der Waals surface area contributed by atoms with E-state index in [1.54, 1.807) is 26.4 Å². The van der Waals surface area contributed by atoms with Crippen LogP contribution in [0.5, 0.6) is 5.75 Å². The zero-order chi connectivity index (χ0) is 21.0. The summed E-state index contributed by atoms with van der Waals surface area (Å²) in [6, 6.07) is 10.6. The summed E-state index contributed by atoms with van der Waals surface area (Å²) < 4.78 is 20.4. The van der Waals surface area contributed by atoms with E-state index in [0.29, 0.717) is 5.16 Å². The molecule has 10 heteroatoms. The Bertz CT molecular complexity index is 1040. The molecule has 0 radical (unpaired) electrons. The zero-order valence-corrected chi connectivity index (χ0v) is 16.4. The second-order valence-corrected chi connectivity index (χ2v) is 7.26. The maximum absolute atomic E-state index is 13.4. The number of benzene rings is 2. The molecule has 0 saturated carbocycles. The van der Waals surface area contributed by atoms with Gasteiger partial charge in [-0.25, -0.2) is 4.98 Å². The Kier molecular flexibility index (Phi) is 6.13. The number of imidazole rings is 1. The van der Waals surface area contributed by atoms with Crippen molar-refractivity contribution in [3.05, 3.63) is 70.8 Å². The molecule has 29 heavy (non-hydrogen) atoms. The molecule has 3 aromatic rings. The summed E-state index contributed by atoms with van der Waals surface area (Å²) in [5.41, 5.74) is 0.305. The number of rotatable bonds is 7. The molecule has 0 aliphatic heterocycles. The van der Waals surface area contributed by atoms with Crippen molar-refractivity contribution < 1.29 is 18.8 Å². The molecule has 1 amide bonds. The second-order valence-electron chi connectivity index (χ2n) is 5.95. The Morgan fingerprint density at radius 2 is 2.03 bits per heavy atom. The standard InChI is InChI=1S/C19H17FN4O4S/c1-12(18(25)22-13-3-8-16(20)17(11-13)24(26)27)29-19-21-9-10-23(19)14-4-6-15(28-2)7-5-14/h3-12H,1-2H3,(H,22,25). The van der Waals surface area contributed by atoms with Crippen LogP contribution in [0.25, 0.3) is 5.69 Å². The van der Waals surface area contributed by atoms with Crippen LogP contribution in [0.1, 0.15) is 6.92 Å². The summed E-state index contributed by atoms with van der Waals surface area (Å²) in [6.07, 6.45) is 3.40. The van der Waals surface area contributed by atoms with Gasteiger partial charge < -0.3 is 10.1 Å². The molecule has 1 heterocycles. The first-order chi connectivity index (χ1) is 13.9. The molecule has 150 valence electrons. The third kappa shape index (κ3) is 4.72. The van der Waals surface area contributed by atoms with Crippen molar-refractivity contribution >= 4 is 29.0 Å². The van der Waals surface area contributed by atoms with Gasteiger partial charge in [0.25, 0.3) is 0 Å². The van der Waals surface area contributed by atoms with Gasteiger partial charge in [-0.1, -0.05) is 11.8 Å². The van der Waals surface area contributed by atoms with Gasteiger partial charge in [0, 0.05) is 29.8 Å². The van der Waals surface area contributed by atoms with E-state index in [0.717, 1.165) is 23.6 Å². The molecular formula is C19H17FN4O4S. The number of hydrogen-bond acceptors (Lipinski definition) is 6. The average molecular weight is 416 g/mol. The summed E-state index contributed by atoms with van der Waals surface area (Å²) in [4.78, 5) is 26.8. The fourth-order valence-corrected chi connectivity index (χ4v) is 3.39. The number of carbonyl (C=O) groups excluding carboxylic acids is 1. The fraction of sp³-hybridized carbons (Fsp3) is 0.158. The minimum atomic E-state index is -0.961. The maximum atomic E-state index is 13.4. The second kappa shape index (κ2) is 8.74. The number of carbonyl (C=O) groups is 1. The van der Waals surface area contributed by atoms with Gasteiger partial charge in [0.15, 0.2) is 5.16 Å². The lowest BCUT2D eigenvalue weighted by Gasteiger charge is -2.13. The quantitative estimate of drug-likeness (QED) is 0.354. The lowest BCUT2D eigenvalue weighted by molar-refractivity contribution is -0.387. The molecule has 0 fully saturated rings. The molecule has 0 aliphatic carbocycles. The van der Waals surface area contributed by atoms with E-state index in [1.165, 1.54) is 17.8 Å². The van der Waals surface area contributed by atoms with Gasteiger partial charge in [-0.05, 0) is 43.3 Å². The third-order valence-corrected chi connectivity index (χ3v) is 5.10. The zero-order valence-electron chi connectivity index (χ0n) is 15.5. The first kappa shape index (κ1) is 20.3. The van der Waals surface area contributed by atoms with Gasteiger partial charge in [-0.2, -0.15) is 4.39 Å². The van der Waals surface area contributed by atoms with E-state index in [1.807, 2.05) is 28.8 Å². The van der Waals surface area contributed by atoms with Crippen LogP contribution in [-0.4, -0.2) is 32.7 Å². The Morgan fingerprint density at radius 1 is 1.31 bits per heavy atom. The third-order valence-electron chi connectivity index (χ3n) is 4.02. The Hall–Kier alpha value is -3.40. The molecule has 0 spiro atoms. The molecular weight excluding hydrogens is 399 g/mol. The van der Waals surface area contributed by atoms with Crippen molar-refractivity contribution in [2.75, 3.05) is 12.4 Å². The van der Waals surface area contributed by atoms with Crippen LogP contribution < -0.4 is 10.1 Å². The first-order valence-corrected chi connectivity index (χ1v) is 9.36. The first-order valence-electron chi connectivity index (χ1n) is 8.48. The van der Waals surface area contributed by atoms with Crippen molar-refractivity contribution in [2.24, 2.45) is 0 Å². The number of anilines is 1. The topological polar surface area (TPSA) is 99.3 Å². The van der Waals surface area contributed by atoms with E-state index in [2.05, 4.69) is 10.3 Å². The van der Waals surface area contributed by atoms with Gasteiger partial charge in [-0.3, -0.25) is 19.5 Å². The highest BCUT2D eigenvalue weighted by molar-refractivity contribution is 8.00. The number of nitro benzene ring substituents is 1. The predicted molar refractivity (Wildman–Crippen MR) is 107 cm³/mol. The Balaban J connectivity index is 1.71. The van der Waals surface area contributed by atoms with Gasteiger partial charge in [0.05, 0.1) is 17.3 Å². The molecule has 1 aromatic heterocycles. The van der Waals surface area contributed by atoms with Crippen LogP contribution >= 0.6 is 11.8 Å². The number of methoxy groups -OCH3 is 1. The summed E-state index contributed by atoms with van der Waals surface area (Å²) in [6.45, 7) is 1.69. The van der Waals surface area contributed by atoms with Crippen LogP contribution in [-0.2, 0) is 4.79 Å². The highest BCUT2D eigenvalue weighted by Gasteiger charge is 2.20. The molecule has 1 unspecified atom stereocenters. The average Bonchev–Trinajstić information content (AvgIpc) is 3.17. The van der Waals surface area contributed by atoms with E-state index >= 15 is 0 Å². The number of amides is 1. The van der Waals surface area contributed by atoms with Crippen molar-refractivity contribution in [3.63, 3.8) is 0 Å². The number of halogens is 1. The monoisotopic (exact) mass is 416 g/mol. The summed E-state index contributed by atoms with van der Waals surface area (Å²) in [5, 5.41) is 13.5. The van der Waals surface area contributed by atoms with Gasteiger partial charge in [0.1, 0.15) is 5.75 Å². The van der Waals surface area contributed by atoms with E-state index in [9.17, 15) is 19.3 Å². The van der Waals surface area contributed by atoms with Crippen LogP contribution in [0.3, 0.4) is 0 Å². The molecule has 0 saturated heterocycles. The van der Waals surface area contributed by atoms with Crippen LogP contribution in [0.4, 0.5) is 15.8 Å². The van der Waals surface area contributed by atoms with Gasteiger partial charge in [0.2, 0.25) is 11.7 Å². The largest absolute Gasteiger partial charge is 0.497 e. The number of nitrogens with one attached hydrogen (secondary N) is 1. The van der Waals surface area contributed by atoms with Crippen molar-refractivity contribution in [1.82, 2.24) is 9.55 Å². The number of thioether (sulfide) groups is 1. The molecule has 0 aliphatic rings. The SMILES string of the molecule is COc1ccc(-n2ccnc2SC(C)C(=O)Nc2ccc(F)c([N+](=O)[O-])c2)cc1. The summed E-state index contributed by atoms with van der Waals surface area (Å²) in [5.74, 6) is -0.624. The van der Waals surface area contributed by atoms with Crippen molar-refractivity contribution in [1.29, 1.82) is 0 Å². The van der Waals surface area contributed by atoms with E-state index in [4.69, 9.17) is 4.74 Å². The molecule has 8 nitrogen and oxygen atoms in total. The molecule has 0 bridgehead atoms. The van der Waals surface area contributed by atoms with Crippen molar-refractivity contribution in [3.8, 4) is 11.4 Å². The molecule has 1 atom stereocenters. The highest BCUT2D eigenvalue weighted by atomic mass is 32.2. The number of hydrogen-bond donors (Lipinski definition) is 1. The summed E-state index contributed by atoms with van der Waals surface area (Å²) >= 11 is 1.22. The smallest absolute Gasteiger partial charge is 0.306 e. The lowest BCUT2D eigenvalue weighted by Crippen LogP contribution is -2.23. The predicted octanol–water partition coefficient (Wildman–Crippen LogP) is 4.05. The van der Waals surface area contributed by atoms with E-state index in [-0.39, 0.29) is 11.6 Å².